The number of alkyl halides is 3. The number of methoxy groups -OCH3 is 1. The fourth-order valence-corrected chi connectivity index (χ4v) is 5.71. The van der Waals surface area contributed by atoms with Crippen LogP contribution in [-0.2, 0) is 25.7 Å². The standard InChI is InChI=1S/C34H42F3N5O8/c1-41(31(47)13-17-42-15-11-23(12-16-42)50-33(48)34(35,36)37)14-3-4-29(45)39-22-6-5-21(28(18-22)49-2)19-38-20-27(44)24-7-9-26(43)32-25(24)8-10-30(46)40-32/h5-10,18,23,27,38,43-44H,3-4,11-17,19-20H2,1-2H3,(H,39,45)(H,40,46)/t27-/m0/s1. The number of piperidine rings is 1. The normalized spacial score (nSPS) is 14.7. The van der Waals surface area contributed by atoms with Crippen LogP contribution in [0.1, 0.15) is 49.3 Å². The van der Waals surface area contributed by atoms with Gasteiger partial charge >= 0.3 is 12.1 Å². The summed E-state index contributed by atoms with van der Waals surface area (Å²) in [7, 11) is 3.15. The summed E-state index contributed by atoms with van der Waals surface area (Å²) < 4.78 is 47.2. The smallest absolute Gasteiger partial charge is 0.490 e. The van der Waals surface area contributed by atoms with Gasteiger partial charge in [0.1, 0.15) is 17.6 Å². The van der Waals surface area contributed by atoms with Gasteiger partial charge in [0.15, 0.2) is 0 Å². The number of fused-ring (bicyclic) bond motifs is 1. The Morgan fingerprint density at radius 1 is 1.10 bits per heavy atom. The molecule has 0 aliphatic carbocycles. The Labute approximate surface area is 286 Å². The number of aliphatic hydroxyl groups excluding tert-OH is 1. The van der Waals surface area contributed by atoms with Gasteiger partial charge in [0.2, 0.25) is 17.4 Å². The van der Waals surface area contributed by atoms with Crippen LogP contribution in [-0.4, -0.2) is 102 Å². The van der Waals surface area contributed by atoms with Gasteiger partial charge in [0.25, 0.3) is 0 Å². The lowest BCUT2D eigenvalue weighted by Gasteiger charge is -2.31. The molecule has 1 fully saturated rings. The first-order chi connectivity index (χ1) is 23.7. The van der Waals surface area contributed by atoms with Crippen molar-refractivity contribution in [2.75, 3.05) is 52.2 Å². The SMILES string of the molecule is COc1cc(NC(=O)CCCN(C)C(=O)CCN2CCC(OC(=O)C(F)(F)F)CC2)ccc1CNC[C@H](O)c1ccc(O)c2[nH]c(=O)ccc12. The number of H-pyrrole nitrogens is 1. The third kappa shape index (κ3) is 10.7. The number of halogens is 3. The van der Waals surface area contributed by atoms with Crippen molar-refractivity contribution in [3.63, 3.8) is 0 Å². The summed E-state index contributed by atoms with van der Waals surface area (Å²) in [5, 5.41) is 27.4. The lowest BCUT2D eigenvalue weighted by atomic mass is 10.0. The fraction of sp³-hybridized carbons (Fsp3) is 0.471. The predicted octanol–water partition coefficient (Wildman–Crippen LogP) is 3.20. The number of aromatic hydroxyl groups is 1. The van der Waals surface area contributed by atoms with Gasteiger partial charge in [0.05, 0.1) is 18.7 Å². The highest BCUT2D eigenvalue weighted by molar-refractivity contribution is 5.91. The molecule has 16 heteroatoms. The minimum atomic E-state index is -5.01. The maximum absolute atomic E-state index is 12.6. The van der Waals surface area contributed by atoms with E-state index in [1.807, 2.05) is 4.90 Å². The summed E-state index contributed by atoms with van der Waals surface area (Å²) in [6.45, 7) is 2.14. The molecule has 5 N–H and O–H groups in total. The Bertz CT molecular complexity index is 1710. The lowest BCUT2D eigenvalue weighted by molar-refractivity contribution is -0.206. The number of nitrogens with zero attached hydrogens (tertiary/aromatic N) is 2. The van der Waals surface area contributed by atoms with Gasteiger partial charge in [-0.15, -0.1) is 0 Å². The van der Waals surface area contributed by atoms with Crippen LogP contribution >= 0.6 is 0 Å². The largest absolute Gasteiger partial charge is 0.506 e. The molecular formula is C34H42F3N5O8. The molecule has 1 aliphatic rings. The number of benzene rings is 2. The molecule has 2 heterocycles. The van der Waals surface area contributed by atoms with Crippen LogP contribution in [0.25, 0.3) is 10.9 Å². The summed E-state index contributed by atoms with van der Waals surface area (Å²) in [6, 6.07) is 11.1. The number of aromatic amines is 1. The van der Waals surface area contributed by atoms with Crippen molar-refractivity contribution in [3.8, 4) is 11.5 Å². The molecule has 0 radical (unpaired) electrons. The number of esters is 1. The van der Waals surface area contributed by atoms with E-state index in [-0.39, 0.29) is 60.9 Å². The number of carbonyl (C=O) groups is 3. The Balaban J connectivity index is 1.15. The van der Waals surface area contributed by atoms with Gasteiger partial charge in [-0.2, -0.15) is 13.2 Å². The maximum atomic E-state index is 12.6. The predicted molar refractivity (Wildman–Crippen MR) is 178 cm³/mol. The Morgan fingerprint density at radius 2 is 1.84 bits per heavy atom. The number of aromatic nitrogens is 1. The molecule has 0 spiro atoms. The number of phenolic OH excluding ortho intramolecular Hbond substituents is 1. The van der Waals surface area contributed by atoms with E-state index in [1.165, 1.54) is 24.1 Å². The lowest BCUT2D eigenvalue weighted by Crippen LogP contribution is -2.41. The fourth-order valence-electron chi connectivity index (χ4n) is 5.71. The molecule has 0 saturated carbocycles. The summed E-state index contributed by atoms with van der Waals surface area (Å²) >= 11 is 0. The molecule has 50 heavy (non-hydrogen) atoms. The molecule has 4 rings (SSSR count). The van der Waals surface area contributed by atoms with E-state index in [1.54, 1.807) is 37.4 Å². The van der Waals surface area contributed by atoms with Crippen molar-refractivity contribution in [1.29, 1.82) is 0 Å². The first kappa shape index (κ1) is 38.1. The van der Waals surface area contributed by atoms with Crippen molar-refractivity contribution in [2.45, 2.75) is 57.0 Å². The molecular weight excluding hydrogens is 663 g/mol. The minimum Gasteiger partial charge on any atom is -0.506 e. The van der Waals surface area contributed by atoms with Crippen molar-refractivity contribution in [3.05, 3.63) is 63.9 Å². The van der Waals surface area contributed by atoms with E-state index in [2.05, 4.69) is 20.4 Å². The first-order valence-electron chi connectivity index (χ1n) is 16.2. The summed E-state index contributed by atoms with van der Waals surface area (Å²) in [5.41, 5.74) is 1.74. The van der Waals surface area contributed by atoms with Gasteiger partial charge in [-0.05, 0) is 43.0 Å². The van der Waals surface area contributed by atoms with Crippen LogP contribution in [0.5, 0.6) is 11.5 Å². The number of pyridine rings is 1. The van der Waals surface area contributed by atoms with Crippen molar-refractivity contribution < 1.29 is 47.2 Å². The monoisotopic (exact) mass is 705 g/mol. The second kappa shape index (κ2) is 17.3. The Kier molecular flexibility index (Phi) is 13.2. The van der Waals surface area contributed by atoms with E-state index in [9.17, 15) is 42.6 Å². The summed E-state index contributed by atoms with van der Waals surface area (Å²) in [5.74, 6) is -2.11. The molecule has 1 saturated heterocycles. The van der Waals surface area contributed by atoms with Crippen molar-refractivity contribution >= 4 is 34.4 Å². The molecule has 1 atom stereocenters. The Morgan fingerprint density at radius 3 is 2.54 bits per heavy atom. The van der Waals surface area contributed by atoms with E-state index in [0.717, 1.165) is 5.56 Å². The van der Waals surface area contributed by atoms with Crippen LogP contribution in [0, 0.1) is 0 Å². The topological polar surface area (TPSA) is 174 Å². The highest BCUT2D eigenvalue weighted by atomic mass is 19.4. The number of amides is 2. The molecule has 272 valence electrons. The van der Waals surface area contributed by atoms with Gasteiger partial charge < -0.3 is 45.1 Å². The molecule has 2 amide bonds. The molecule has 3 aromatic rings. The van der Waals surface area contributed by atoms with E-state index >= 15 is 0 Å². The van der Waals surface area contributed by atoms with Crippen LogP contribution in [0.3, 0.4) is 0 Å². The maximum Gasteiger partial charge on any atom is 0.490 e. The molecule has 0 bridgehead atoms. The summed E-state index contributed by atoms with van der Waals surface area (Å²) in [6.07, 6.45) is -5.39. The third-order valence-electron chi connectivity index (χ3n) is 8.49. The van der Waals surface area contributed by atoms with Crippen LogP contribution in [0.15, 0.2) is 47.3 Å². The molecule has 13 nitrogen and oxygen atoms in total. The van der Waals surface area contributed by atoms with Gasteiger partial charge in [-0.25, -0.2) is 4.79 Å². The number of ether oxygens (including phenoxy) is 2. The van der Waals surface area contributed by atoms with E-state index < -0.39 is 24.4 Å². The molecule has 1 aromatic heterocycles. The second-order valence-corrected chi connectivity index (χ2v) is 12.1. The zero-order chi connectivity index (χ0) is 36.4. The average Bonchev–Trinajstić information content (AvgIpc) is 3.08. The number of hydrogen-bond donors (Lipinski definition) is 5. The quantitative estimate of drug-likeness (QED) is 0.148. The van der Waals surface area contributed by atoms with E-state index in [0.29, 0.717) is 61.5 Å². The molecule has 0 unspecified atom stereocenters. The van der Waals surface area contributed by atoms with Gasteiger partial charge in [-0.3, -0.25) is 14.4 Å². The summed E-state index contributed by atoms with van der Waals surface area (Å²) in [4.78, 5) is 54.0. The van der Waals surface area contributed by atoms with E-state index in [4.69, 9.17) is 4.74 Å². The number of anilines is 1. The number of rotatable bonds is 15. The molecule has 1 aliphatic heterocycles. The highest BCUT2D eigenvalue weighted by Gasteiger charge is 2.42. The number of aliphatic hydroxyl groups is 1. The zero-order valence-electron chi connectivity index (χ0n) is 27.8. The average molecular weight is 706 g/mol. The van der Waals surface area contributed by atoms with Crippen LogP contribution in [0.2, 0.25) is 0 Å². The van der Waals surface area contributed by atoms with Crippen LogP contribution < -0.4 is 20.9 Å². The minimum absolute atomic E-state index is 0.0919. The number of phenols is 1. The highest BCUT2D eigenvalue weighted by Crippen LogP contribution is 2.29. The van der Waals surface area contributed by atoms with Gasteiger partial charge in [0, 0.05) is 87.9 Å². The number of nitrogens with one attached hydrogen (secondary N) is 3. The zero-order valence-corrected chi connectivity index (χ0v) is 27.8. The number of carbonyl (C=O) groups excluding carboxylic acids is 3. The Hall–Kier alpha value is -4.67. The van der Waals surface area contributed by atoms with Gasteiger partial charge in [-0.1, -0.05) is 12.1 Å². The molecule has 2 aromatic carbocycles. The number of hydrogen-bond acceptors (Lipinski definition) is 10. The first-order valence-corrected chi connectivity index (χ1v) is 16.2. The second-order valence-electron chi connectivity index (χ2n) is 12.1. The van der Waals surface area contributed by atoms with Crippen molar-refractivity contribution in [2.24, 2.45) is 0 Å². The third-order valence-corrected chi connectivity index (χ3v) is 8.49. The van der Waals surface area contributed by atoms with Crippen LogP contribution in [0.4, 0.5) is 18.9 Å². The van der Waals surface area contributed by atoms with Crippen molar-refractivity contribution in [1.82, 2.24) is 20.1 Å². The number of likely N-dealkylation sites (tertiary alicyclic amines) is 1.